The number of carbonyl (C=O) groups is 1. The second kappa shape index (κ2) is 4.13. The molecule has 0 aliphatic carbocycles. The van der Waals surface area contributed by atoms with E-state index in [1.54, 1.807) is 0 Å². The van der Waals surface area contributed by atoms with Crippen LogP contribution in [-0.2, 0) is 4.79 Å². The first kappa shape index (κ1) is 9.71. The van der Waals surface area contributed by atoms with E-state index >= 15 is 0 Å². The van der Waals surface area contributed by atoms with Gasteiger partial charge in [0.25, 0.3) is 5.91 Å². The lowest BCUT2D eigenvalue weighted by molar-refractivity contribution is -0.116. The number of hydrogen-bond donors (Lipinski definition) is 2. The molecule has 1 aromatic rings. The van der Waals surface area contributed by atoms with E-state index in [1.807, 2.05) is 24.4 Å². The van der Waals surface area contributed by atoms with Crippen molar-refractivity contribution in [3.63, 3.8) is 0 Å². The Labute approximate surface area is 88.1 Å². The van der Waals surface area contributed by atoms with Crippen molar-refractivity contribution < 1.29 is 4.79 Å². The lowest BCUT2D eigenvalue weighted by Crippen LogP contribution is -2.13. The summed E-state index contributed by atoms with van der Waals surface area (Å²) >= 11 is 0. The second-order valence-electron chi connectivity index (χ2n) is 3.43. The first-order valence-corrected chi connectivity index (χ1v) is 5.03. The van der Waals surface area contributed by atoms with E-state index in [0.29, 0.717) is 5.57 Å². The van der Waals surface area contributed by atoms with Crippen molar-refractivity contribution in [3.05, 3.63) is 29.6 Å². The average Bonchev–Trinajstić information content (AvgIpc) is 2.83. The highest BCUT2D eigenvalue weighted by Gasteiger charge is 2.21. The first-order valence-electron chi connectivity index (χ1n) is 5.03. The van der Waals surface area contributed by atoms with Gasteiger partial charge in [0.1, 0.15) is 0 Å². The molecule has 0 aromatic carbocycles. The van der Waals surface area contributed by atoms with Crippen molar-refractivity contribution in [1.29, 1.82) is 0 Å². The van der Waals surface area contributed by atoms with Crippen molar-refractivity contribution in [2.24, 2.45) is 5.10 Å². The zero-order valence-corrected chi connectivity index (χ0v) is 8.58. The Kier molecular flexibility index (Phi) is 2.67. The van der Waals surface area contributed by atoms with Crippen LogP contribution in [0.4, 0.5) is 0 Å². The Morgan fingerprint density at radius 1 is 1.53 bits per heavy atom. The molecule has 0 bridgehead atoms. The van der Waals surface area contributed by atoms with Gasteiger partial charge in [-0.05, 0) is 24.6 Å². The van der Waals surface area contributed by atoms with Crippen LogP contribution in [0.2, 0.25) is 0 Å². The Morgan fingerprint density at radius 2 is 2.40 bits per heavy atom. The number of H-pyrrole nitrogens is 1. The number of aromatic nitrogens is 1. The third-order valence-electron chi connectivity index (χ3n) is 2.26. The van der Waals surface area contributed by atoms with E-state index in [9.17, 15) is 4.79 Å². The molecular weight excluding hydrogens is 190 g/mol. The minimum Gasteiger partial charge on any atom is -0.362 e. The number of nitrogens with one attached hydrogen (secondary N) is 2. The summed E-state index contributed by atoms with van der Waals surface area (Å²) in [6.45, 7) is 2.07. The molecule has 0 saturated carbocycles. The molecule has 2 rings (SSSR count). The van der Waals surface area contributed by atoms with Gasteiger partial charge in [0.2, 0.25) is 0 Å². The molecule has 4 heteroatoms. The normalized spacial score (nSPS) is 18.1. The summed E-state index contributed by atoms with van der Waals surface area (Å²) in [6, 6.07) is 3.82. The maximum Gasteiger partial charge on any atom is 0.273 e. The molecule has 0 spiro atoms. The maximum absolute atomic E-state index is 11.5. The molecular formula is C11H13N3O. The lowest BCUT2D eigenvalue weighted by atomic mass is 10.1. The molecule has 78 valence electrons. The second-order valence-corrected chi connectivity index (χ2v) is 3.43. The third-order valence-corrected chi connectivity index (χ3v) is 2.26. The summed E-state index contributed by atoms with van der Waals surface area (Å²) < 4.78 is 0. The van der Waals surface area contributed by atoms with Gasteiger partial charge >= 0.3 is 0 Å². The van der Waals surface area contributed by atoms with E-state index < -0.39 is 0 Å². The molecule has 0 fully saturated rings. The molecule has 0 radical (unpaired) electrons. The highest BCUT2D eigenvalue weighted by atomic mass is 16.2. The van der Waals surface area contributed by atoms with Crippen molar-refractivity contribution in [3.8, 4) is 0 Å². The highest BCUT2D eigenvalue weighted by molar-refractivity contribution is 6.27. The van der Waals surface area contributed by atoms with Crippen LogP contribution in [0.15, 0.2) is 29.0 Å². The summed E-state index contributed by atoms with van der Waals surface area (Å²) in [6.07, 6.45) is 5.47. The molecule has 0 unspecified atom stereocenters. The van der Waals surface area contributed by atoms with Gasteiger partial charge in [-0.1, -0.05) is 13.3 Å². The monoisotopic (exact) mass is 203 g/mol. The minimum absolute atomic E-state index is 0.118. The van der Waals surface area contributed by atoms with Gasteiger partial charge in [0.15, 0.2) is 0 Å². The molecule has 15 heavy (non-hydrogen) atoms. The van der Waals surface area contributed by atoms with Crippen molar-refractivity contribution in [2.45, 2.75) is 19.8 Å². The van der Waals surface area contributed by atoms with Crippen LogP contribution >= 0.6 is 0 Å². The van der Waals surface area contributed by atoms with Gasteiger partial charge in [0, 0.05) is 11.9 Å². The SMILES string of the molecule is CCCC1=NNC(=O)/C1=C/c1ccc[nH]1. The van der Waals surface area contributed by atoms with E-state index in [-0.39, 0.29) is 5.91 Å². The number of carbonyl (C=O) groups excluding carboxylic acids is 1. The standard InChI is InChI=1S/C11H13N3O/c1-2-4-10-9(11(15)14-13-10)7-8-5-3-6-12-8/h3,5-7,12H,2,4H2,1H3,(H,14,15)/b9-7+. The molecule has 1 aliphatic heterocycles. The van der Waals surface area contributed by atoms with E-state index in [0.717, 1.165) is 24.2 Å². The minimum atomic E-state index is -0.118. The summed E-state index contributed by atoms with van der Waals surface area (Å²) in [7, 11) is 0. The quantitative estimate of drug-likeness (QED) is 0.721. The van der Waals surface area contributed by atoms with Gasteiger partial charge in [-0.3, -0.25) is 4.79 Å². The highest BCUT2D eigenvalue weighted by Crippen LogP contribution is 2.14. The van der Waals surface area contributed by atoms with Gasteiger partial charge in [-0.25, -0.2) is 5.43 Å². The van der Waals surface area contributed by atoms with E-state index in [1.165, 1.54) is 0 Å². The number of hydrazone groups is 1. The van der Waals surface area contributed by atoms with Crippen LogP contribution in [-0.4, -0.2) is 16.6 Å². The average molecular weight is 203 g/mol. The molecule has 2 heterocycles. The van der Waals surface area contributed by atoms with Crippen LogP contribution in [0.25, 0.3) is 6.08 Å². The molecule has 1 amide bonds. The van der Waals surface area contributed by atoms with Crippen LogP contribution in [0.1, 0.15) is 25.5 Å². The molecule has 1 aromatic heterocycles. The number of hydrogen-bond acceptors (Lipinski definition) is 2. The third kappa shape index (κ3) is 1.98. The van der Waals surface area contributed by atoms with Gasteiger partial charge in [0.05, 0.1) is 11.3 Å². The summed E-state index contributed by atoms with van der Waals surface area (Å²) in [5.74, 6) is -0.118. The Balaban J connectivity index is 2.26. The summed E-state index contributed by atoms with van der Waals surface area (Å²) in [4.78, 5) is 14.5. The van der Waals surface area contributed by atoms with Crippen molar-refractivity contribution in [1.82, 2.24) is 10.4 Å². The smallest absolute Gasteiger partial charge is 0.273 e. The first-order chi connectivity index (χ1) is 7.31. The van der Waals surface area contributed by atoms with Crippen molar-refractivity contribution in [2.75, 3.05) is 0 Å². The number of rotatable bonds is 3. The molecule has 4 nitrogen and oxygen atoms in total. The fraction of sp³-hybridized carbons (Fsp3) is 0.273. The Morgan fingerprint density at radius 3 is 3.07 bits per heavy atom. The van der Waals surface area contributed by atoms with Gasteiger partial charge in [-0.15, -0.1) is 0 Å². The van der Waals surface area contributed by atoms with Crippen molar-refractivity contribution >= 4 is 17.7 Å². The van der Waals surface area contributed by atoms with Crippen LogP contribution in [0.3, 0.4) is 0 Å². The van der Waals surface area contributed by atoms with Gasteiger partial charge in [-0.2, -0.15) is 5.10 Å². The van der Waals surface area contributed by atoms with Crippen LogP contribution in [0.5, 0.6) is 0 Å². The fourth-order valence-corrected chi connectivity index (χ4v) is 1.54. The number of aromatic amines is 1. The van der Waals surface area contributed by atoms with Crippen LogP contribution in [0, 0.1) is 0 Å². The zero-order chi connectivity index (χ0) is 10.7. The largest absolute Gasteiger partial charge is 0.362 e. The molecule has 1 aliphatic rings. The lowest BCUT2D eigenvalue weighted by Gasteiger charge is -1.97. The van der Waals surface area contributed by atoms with E-state index in [2.05, 4.69) is 22.4 Å². The molecule has 0 saturated heterocycles. The Bertz CT molecular complexity index is 415. The fourth-order valence-electron chi connectivity index (χ4n) is 1.54. The topological polar surface area (TPSA) is 57.2 Å². The van der Waals surface area contributed by atoms with E-state index in [4.69, 9.17) is 0 Å². The molecule has 2 N–H and O–H groups in total. The summed E-state index contributed by atoms with van der Waals surface area (Å²) in [5, 5.41) is 4.00. The predicted molar refractivity (Wildman–Crippen MR) is 59.3 cm³/mol. The van der Waals surface area contributed by atoms with Gasteiger partial charge < -0.3 is 4.98 Å². The number of nitrogens with zero attached hydrogens (tertiary/aromatic N) is 1. The molecule has 0 atom stereocenters. The zero-order valence-electron chi connectivity index (χ0n) is 8.58. The Hall–Kier alpha value is -1.84. The predicted octanol–water partition coefficient (Wildman–Crippen LogP) is 1.68. The van der Waals surface area contributed by atoms with Crippen LogP contribution < -0.4 is 5.43 Å². The number of amides is 1. The summed E-state index contributed by atoms with van der Waals surface area (Å²) in [5.41, 5.74) is 4.92. The maximum atomic E-state index is 11.5.